The number of nitrogens with one attached hydrogen (secondary N) is 1. The van der Waals surface area contributed by atoms with Gasteiger partial charge in [0, 0.05) is 12.2 Å². The van der Waals surface area contributed by atoms with E-state index >= 15 is 0 Å². The Morgan fingerprint density at radius 2 is 2.11 bits per heavy atom. The predicted octanol–water partition coefficient (Wildman–Crippen LogP) is 2.16. The molecule has 1 aliphatic heterocycles. The third kappa shape index (κ3) is 3.88. The van der Waals surface area contributed by atoms with Crippen LogP contribution in [-0.4, -0.2) is 22.8 Å². The lowest BCUT2D eigenvalue weighted by Gasteiger charge is -2.09. The van der Waals surface area contributed by atoms with Crippen molar-refractivity contribution in [1.29, 1.82) is 0 Å². The van der Waals surface area contributed by atoms with Crippen LogP contribution in [0, 0.1) is 0 Å². The fraction of sp³-hybridized carbons (Fsp3) is 0.429. The van der Waals surface area contributed by atoms with Crippen LogP contribution in [0.2, 0.25) is 0 Å². The van der Waals surface area contributed by atoms with E-state index in [1.165, 1.54) is 17.3 Å². The van der Waals surface area contributed by atoms with Crippen LogP contribution in [0.15, 0.2) is 30.3 Å². The highest BCUT2D eigenvalue weighted by molar-refractivity contribution is 8.14. The second kappa shape index (κ2) is 6.59. The Kier molecular flexibility index (Phi) is 4.81. The molecule has 0 aliphatic carbocycles. The molecule has 1 aliphatic rings. The van der Waals surface area contributed by atoms with Gasteiger partial charge in [-0.05, 0) is 24.8 Å². The average molecular weight is 263 g/mol. The quantitative estimate of drug-likeness (QED) is 0.885. The summed E-state index contributed by atoms with van der Waals surface area (Å²) in [6, 6.07) is 9.87. The lowest BCUT2D eigenvalue weighted by atomic mass is 10.1. The molecule has 0 aromatic heterocycles. The third-order valence-corrected chi connectivity index (χ3v) is 3.99. The number of hydrogen-bond acceptors (Lipinski definition) is 3. The van der Waals surface area contributed by atoms with Crippen molar-refractivity contribution in [3.63, 3.8) is 0 Å². The minimum absolute atomic E-state index is 0.00761. The van der Waals surface area contributed by atoms with Gasteiger partial charge in [0.25, 0.3) is 0 Å². The van der Waals surface area contributed by atoms with Crippen molar-refractivity contribution in [3.8, 4) is 0 Å². The van der Waals surface area contributed by atoms with Gasteiger partial charge in [-0.3, -0.25) is 9.59 Å². The molecule has 3 nitrogen and oxygen atoms in total. The van der Waals surface area contributed by atoms with E-state index in [2.05, 4.69) is 17.4 Å². The number of amides is 1. The largest absolute Gasteiger partial charge is 0.345 e. The van der Waals surface area contributed by atoms with E-state index in [-0.39, 0.29) is 17.1 Å². The first-order valence-electron chi connectivity index (χ1n) is 6.25. The first-order chi connectivity index (χ1) is 8.75. The zero-order valence-corrected chi connectivity index (χ0v) is 11.0. The smallest absolute Gasteiger partial charge is 0.220 e. The van der Waals surface area contributed by atoms with Crippen molar-refractivity contribution in [3.05, 3.63) is 35.9 Å². The molecule has 0 saturated carbocycles. The molecule has 1 N–H and O–H groups in total. The zero-order valence-electron chi connectivity index (χ0n) is 10.2. The molecule has 1 amide bonds. The van der Waals surface area contributed by atoms with Crippen molar-refractivity contribution < 1.29 is 9.59 Å². The Hall–Kier alpha value is -1.29. The number of rotatable bonds is 5. The van der Waals surface area contributed by atoms with Gasteiger partial charge < -0.3 is 5.32 Å². The third-order valence-electron chi connectivity index (χ3n) is 2.98. The summed E-state index contributed by atoms with van der Waals surface area (Å²) in [4.78, 5) is 23.0. The van der Waals surface area contributed by atoms with E-state index in [0.29, 0.717) is 6.42 Å². The lowest BCUT2D eigenvalue weighted by molar-refractivity contribution is -0.124. The van der Waals surface area contributed by atoms with Crippen LogP contribution >= 0.6 is 11.8 Å². The first-order valence-corrected chi connectivity index (χ1v) is 7.24. The lowest BCUT2D eigenvalue weighted by Crippen LogP contribution is -2.36. The normalized spacial score (nSPS) is 18.9. The molecular formula is C14H17NO2S. The Bertz CT molecular complexity index is 419. The molecule has 0 bridgehead atoms. The standard InChI is InChI=1S/C14H17NO2S/c16-13(15-12-9-10-18-14(12)17)8-4-7-11-5-2-1-3-6-11/h1-3,5-6,12H,4,7-10H2,(H,15,16)/t12-/m1/s1. The zero-order chi connectivity index (χ0) is 12.8. The van der Waals surface area contributed by atoms with Crippen molar-refractivity contribution >= 4 is 22.8 Å². The number of benzene rings is 1. The van der Waals surface area contributed by atoms with Gasteiger partial charge in [-0.25, -0.2) is 0 Å². The Labute approximate surface area is 111 Å². The molecule has 96 valence electrons. The minimum Gasteiger partial charge on any atom is -0.345 e. The second-order valence-corrected chi connectivity index (χ2v) is 5.51. The average Bonchev–Trinajstić information content (AvgIpc) is 2.76. The molecule has 1 aromatic rings. The Balaban J connectivity index is 1.67. The fourth-order valence-corrected chi connectivity index (χ4v) is 2.92. The molecule has 18 heavy (non-hydrogen) atoms. The van der Waals surface area contributed by atoms with Crippen molar-refractivity contribution in [2.45, 2.75) is 31.7 Å². The van der Waals surface area contributed by atoms with Gasteiger partial charge in [0.2, 0.25) is 11.0 Å². The van der Waals surface area contributed by atoms with Gasteiger partial charge in [0.15, 0.2) is 0 Å². The van der Waals surface area contributed by atoms with E-state index in [1.807, 2.05) is 18.2 Å². The van der Waals surface area contributed by atoms with E-state index in [9.17, 15) is 9.59 Å². The molecule has 0 unspecified atom stereocenters. The van der Waals surface area contributed by atoms with E-state index in [0.717, 1.165) is 25.0 Å². The van der Waals surface area contributed by atoms with Gasteiger partial charge in [-0.1, -0.05) is 42.1 Å². The molecule has 4 heteroatoms. The highest BCUT2D eigenvalue weighted by atomic mass is 32.2. The molecule has 1 atom stereocenters. The maximum absolute atomic E-state index is 11.7. The summed E-state index contributed by atoms with van der Waals surface area (Å²) in [5, 5.41) is 2.91. The summed E-state index contributed by atoms with van der Waals surface area (Å²) in [6.45, 7) is 0. The molecule has 0 spiro atoms. The SMILES string of the molecule is O=C(CCCc1ccccc1)N[C@@H]1CCSC1=O. The van der Waals surface area contributed by atoms with Crippen LogP contribution in [0.5, 0.6) is 0 Å². The first kappa shape index (κ1) is 13.1. The molecule has 1 fully saturated rings. The van der Waals surface area contributed by atoms with Crippen LogP contribution in [0.4, 0.5) is 0 Å². The van der Waals surface area contributed by atoms with Crippen molar-refractivity contribution in [2.75, 3.05) is 5.75 Å². The van der Waals surface area contributed by atoms with Gasteiger partial charge in [-0.2, -0.15) is 0 Å². The highest BCUT2D eigenvalue weighted by Gasteiger charge is 2.26. The summed E-state index contributed by atoms with van der Waals surface area (Å²) in [5.74, 6) is 0.820. The van der Waals surface area contributed by atoms with Gasteiger partial charge in [-0.15, -0.1) is 0 Å². The number of hydrogen-bond donors (Lipinski definition) is 1. The summed E-state index contributed by atoms with van der Waals surface area (Å²) in [5.41, 5.74) is 1.25. The van der Waals surface area contributed by atoms with E-state index in [1.54, 1.807) is 0 Å². The molecular weight excluding hydrogens is 246 g/mol. The number of carbonyl (C=O) groups excluding carboxylic acids is 2. The van der Waals surface area contributed by atoms with Crippen LogP contribution in [0.3, 0.4) is 0 Å². The van der Waals surface area contributed by atoms with Crippen LogP contribution in [0.1, 0.15) is 24.8 Å². The maximum Gasteiger partial charge on any atom is 0.220 e. The molecule has 0 radical (unpaired) electrons. The van der Waals surface area contributed by atoms with Gasteiger partial charge >= 0.3 is 0 Å². The Morgan fingerprint density at radius 1 is 1.33 bits per heavy atom. The van der Waals surface area contributed by atoms with E-state index in [4.69, 9.17) is 0 Å². The van der Waals surface area contributed by atoms with Gasteiger partial charge in [0.05, 0.1) is 6.04 Å². The van der Waals surface area contributed by atoms with Crippen LogP contribution in [0.25, 0.3) is 0 Å². The molecule has 1 heterocycles. The topological polar surface area (TPSA) is 46.2 Å². The minimum atomic E-state index is -0.251. The summed E-state index contributed by atoms with van der Waals surface area (Å²) in [7, 11) is 0. The van der Waals surface area contributed by atoms with Crippen LogP contribution < -0.4 is 5.32 Å². The summed E-state index contributed by atoms with van der Waals surface area (Å²) in [6.07, 6.45) is 2.99. The number of aryl methyl sites for hydroxylation is 1. The fourth-order valence-electron chi connectivity index (χ4n) is 1.99. The number of thioether (sulfide) groups is 1. The van der Waals surface area contributed by atoms with Crippen molar-refractivity contribution in [2.24, 2.45) is 0 Å². The van der Waals surface area contributed by atoms with Crippen LogP contribution in [-0.2, 0) is 16.0 Å². The molecule has 1 saturated heterocycles. The number of carbonyl (C=O) groups is 2. The maximum atomic E-state index is 11.7. The summed E-state index contributed by atoms with van der Waals surface area (Å²) < 4.78 is 0. The Morgan fingerprint density at radius 3 is 2.78 bits per heavy atom. The second-order valence-electron chi connectivity index (χ2n) is 4.42. The summed E-state index contributed by atoms with van der Waals surface area (Å²) >= 11 is 1.31. The van der Waals surface area contributed by atoms with Crippen molar-refractivity contribution in [1.82, 2.24) is 5.32 Å². The molecule has 2 rings (SSSR count). The monoisotopic (exact) mass is 263 g/mol. The van der Waals surface area contributed by atoms with Gasteiger partial charge in [0.1, 0.15) is 0 Å². The molecule has 1 aromatic carbocycles. The van der Waals surface area contributed by atoms with E-state index < -0.39 is 0 Å². The highest BCUT2D eigenvalue weighted by Crippen LogP contribution is 2.19. The predicted molar refractivity (Wildman–Crippen MR) is 73.4 cm³/mol.